The molecule has 0 atom stereocenters. The van der Waals surface area contributed by atoms with E-state index in [1.807, 2.05) is 18.2 Å². The van der Waals surface area contributed by atoms with E-state index in [0.29, 0.717) is 5.75 Å². The highest BCUT2D eigenvalue weighted by Crippen LogP contribution is 2.28. The molecule has 1 nitrogen and oxygen atoms in total. The first-order valence-corrected chi connectivity index (χ1v) is 5.94. The maximum absolute atomic E-state index is 11.9. The van der Waals surface area contributed by atoms with Gasteiger partial charge in [0.25, 0.3) is 0 Å². The smallest absolute Gasteiger partial charge is 0.151 e. The van der Waals surface area contributed by atoms with Crippen molar-refractivity contribution < 1.29 is 4.39 Å². The standard InChI is InChI=1S/C9H7BFNS2/c10-6-1-2-7-8(5-6)14-9(12-7)13-4-3-11/h1-2,5H,3-4H2. The molecular weight excluding hydrogens is 216 g/mol. The van der Waals surface area contributed by atoms with Crippen LogP contribution in [-0.2, 0) is 0 Å². The number of thiazole rings is 1. The van der Waals surface area contributed by atoms with Crippen molar-refractivity contribution in [3.8, 4) is 0 Å². The number of hydrogen-bond acceptors (Lipinski definition) is 3. The monoisotopic (exact) mass is 223 g/mol. The average molecular weight is 223 g/mol. The Morgan fingerprint density at radius 3 is 3.14 bits per heavy atom. The highest BCUT2D eigenvalue weighted by Gasteiger charge is 2.03. The molecule has 5 heteroatoms. The van der Waals surface area contributed by atoms with Gasteiger partial charge in [-0.15, -0.1) is 11.3 Å². The molecule has 0 amide bonds. The van der Waals surface area contributed by atoms with E-state index in [2.05, 4.69) is 4.98 Å². The normalized spacial score (nSPS) is 10.9. The number of benzene rings is 1. The van der Waals surface area contributed by atoms with Crippen molar-refractivity contribution in [3.05, 3.63) is 18.2 Å². The largest absolute Gasteiger partial charge is 0.250 e. The van der Waals surface area contributed by atoms with Gasteiger partial charge in [0.1, 0.15) is 7.85 Å². The number of nitrogens with zero attached hydrogens (tertiary/aromatic N) is 1. The van der Waals surface area contributed by atoms with Crippen LogP contribution < -0.4 is 5.46 Å². The van der Waals surface area contributed by atoms with Gasteiger partial charge in [-0.25, -0.2) is 4.98 Å². The first kappa shape index (κ1) is 9.99. The van der Waals surface area contributed by atoms with Gasteiger partial charge in [-0.3, -0.25) is 4.39 Å². The van der Waals surface area contributed by atoms with Crippen LogP contribution in [-0.4, -0.2) is 25.3 Å². The summed E-state index contributed by atoms with van der Waals surface area (Å²) in [5.41, 5.74) is 1.67. The Balaban J connectivity index is 2.32. The van der Waals surface area contributed by atoms with Crippen molar-refractivity contribution in [1.82, 2.24) is 4.98 Å². The molecular formula is C9H7BFNS2. The summed E-state index contributed by atoms with van der Waals surface area (Å²) in [6.07, 6.45) is 0. The quantitative estimate of drug-likeness (QED) is 0.584. The molecule has 2 radical (unpaired) electrons. The van der Waals surface area contributed by atoms with Crippen molar-refractivity contribution in [1.29, 1.82) is 0 Å². The minimum absolute atomic E-state index is 0.317. The fourth-order valence-electron chi connectivity index (χ4n) is 1.11. The van der Waals surface area contributed by atoms with Crippen LogP contribution in [0.2, 0.25) is 0 Å². The molecule has 0 saturated carbocycles. The molecule has 0 bridgehead atoms. The zero-order valence-electron chi connectivity index (χ0n) is 7.37. The van der Waals surface area contributed by atoms with Gasteiger partial charge in [0.2, 0.25) is 0 Å². The van der Waals surface area contributed by atoms with Gasteiger partial charge in [0.15, 0.2) is 4.34 Å². The van der Waals surface area contributed by atoms with E-state index in [4.69, 9.17) is 7.85 Å². The van der Waals surface area contributed by atoms with Crippen molar-refractivity contribution in [2.24, 2.45) is 0 Å². The summed E-state index contributed by atoms with van der Waals surface area (Å²) in [5.74, 6) is 0.468. The molecule has 0 spiro atoms. The van der Waals surface area contributed by atoms with Crippen molar-refractivity contribution in [2.75, 3.05) is 12.4 Å². The van der Waals surface area contributed by atoms with Crippen molar-refractivity contribution in [2.45, 2.75) is 4.34 Å². The van der Waals surface area contributed by atoms with Gasteiger partial charge in [-0.1, -0.05) is 23.3 Å². The van der Waals surface area contributed by atoms with E-state index in [1.54, 1.807) is 11.3 Å². The molecule has 2 aromatic rings. The molecule has 0 unspecified atom stereocenters. The van der Waals surface area contributed by atoms with Crippen LogP contribution >= 0.6 is 23.1 Å². The van der Waals surface area contributed by atoms with Crippen LogP contribution in [0.3, 0.4) is 0 Å². The molecule has 2 rings (SSSR count). The molecule has 70 valence electrons. The van der Waals surface area contributed by atoms with Crippen molar-refractivity contribution >= 4 is 46.6 Å². The maximum atomic E-state index is 11.9. The molecule has 0 aliphatic heterocycles. The Hall–Kier alpha value is -0.545. The number of hydrogen-bond donors (Lipinski definition) is 0. The third kappa shape index (κ3) is 2.09. The van der Waals surface area contributed by atoms with Gasteiger partial charge < -0.3 is 0 Å². The third-order valence-electron chi connectivity index (χ3n) is 1.70. The molecule has 1 aromatic carbocycles. The fraction of sp³-hybridized carbons (Fsp3) is 0.222. The van der Waals surface area contributed by atoms with E-state index >= 15 is 0 Å². The number of halogens is 1. The van der Waals surface area contributed by atoms with Gasteiger partial charge >= 0.3 is 0 Å². The highest BCUT2D eigenvalue weighted by molar-refractivity contribution is 8.01. The lowest BCUT2D eigenvalue weighted by Crippen LogP contribution is -1.98. The zero-order valence-corrected chi connectivity index (χ0v) is 9.00. The van der Waals surface area contributed by atoms with E-state index in [1.165, 1.54) is 11.8 Å². The summed E-state index contributed by atoms with van der Waals surface area (Å²) in [6, 6.07) is 5.61. The summed E-state index contributed by atoms with van der Waals surface area (Å²) in [4.78, 5) is 4.35. The number of aromatic nitrogens is 1. The number of rotatable bonds is 3. The van der Waals surface area contributed by atoms with Crippen LogP contribution in [0.15, 0.2) is 22.5 Å². The fourth-order valence-corrected chi connectivity index (χ4v) is 3.02. The second-order valence-corrected chi connectivity index (χ2v) is 5.12. The SMILES string of the molecule is [B]c1ccc2nc(SCCF)sc2c1. The summed E-state index contributed by atoms with van der Waals surface area (Å²) in [5, 5.41) is 0. The Morgan fingerprint density at radius 1 is 1.50 bits per heavy atom. The number of alkyl halides is 1. The molecule has 14 heavy (non-hydrogen) atoms. The summed E-state index contributed by atoms with van der Waals surface area (Å²) >= 11 is 3.00. The molecule has 1 aromatic heterocycles. The van der Waals surface area contributed by atoms with Gasteiger partial charge in [0.05, 0.1) is 16.9 Å². The first-order valence-electron chi connectivity index (χ1n) is 4.14. The average Bonchev–Trinajstić information content (AvgIpc) is 2.56. The summed E-state index contributed by atoms with van der Waals surface area (Å²) in [6.45, 7) is -0.317. The molecule has 1 heterocycles. The molecule has 0 aliphatic rings. The van der Waals surface area contributed by atoms with Gasteiger partial charge in [0, 0.05) is 5.75 Å². The van der Waals surface area contributed by atoms with Gasteiger partial charge in [-0.05, 0) is 12.1 Å². The van der Waals surface area contributed by atoms with E-state index in [0.717, 1.165) is 20.0 Å². The van der Waals surface area contributed by atoms with E-state index < -0.39 is 0 Å². The number of thioether (sulfide) groups is 1. The lowest BCUT2D eigenvalue weighted by atomic mass is 9.97. The van der Waals surface area contributed by atoms with E-state index in [-0.39, 0.29) is 6.67 Å². The lowest BCUT2D eigenvalue weighted by molar-refractivity contribution is 0.533. The third-order valence-corrected chi connectivity index (χ3v) is 3.81. The predicted molar refractivity (Wildman–Crippen MR) is 61.7 cm³/mol. The number of fused-ring (bicyclic) bond motifs is 1. The van der Waals surface area contributed by atoms with Crippen LogP contribution in [0.1, 0.15) is 0 Å². The second kappa shape index (κ2) is 4.32. The lowest BCUT2D eigenvalue weighted by Gasteiger charge is -1.88. The highest BCUT2D eigenvalue weighted by atomic mass is 32.2. The Kier molecular flexibility index (Phi) is 3.08. The minimum atomic E-state index is -0.317. The van der Waals surface area contributed by atoms with Crippen LogP contribution in [0.25, 0.3) is 10.2 Å². The molecule has 0 saturated heterocycles. The molecule has 0 fully saturated rings. The zero-order chi connectivity index (χ0) is 9.97. The molecule has 0 N–H and O–H groups in total. The van der Waals surface area contributed by atoms with Gasteiger partial charge in [-0.2, -0.15) is 0 Å². The van der Waals surface area contributed by atoms with Crippen molar-refractivity contribution in [3.63, 3.8) is 0 Å². The van der Waals surface area contributed by atoms with Crippen LogP contribution in [0.4, 0.5) is 4.39 Å². The van der Waals surface area contributed by atoms with Crippen LogP contribution in [0, 0.1) is 0 Å². The topological polar surface area (TPSA) is 12.9 Å². The predicted octanol–water partition coefficient (Wildman–Crippen LogP) is 2.15. The first-order chi connectivity index (χ1) is 6.79. The molecule has 0 aliphatic carbocycles. The summed E-state index contributed by atoms with van der Waals surface area (Å²) in [7, 11) is 5.65. The van der Waals surface area contributed by atoms with Crippen LogP contribution in [0.5, 0.6) is 0 Å². The Morgan fingerprint density at radius 2 is 2.36 bits per heavy atom. The summed E-state index contributed by atoms with van der Waals surface area (Å²) < 4.78 is 13.9. The minimum Gasteiger partial charge on any atom is -0.250 e. The second-order valence-electron chi connectivity index (χ2n) is 2.74. The Bertz CT molecular complexity index is 443. The maximum Gasteiger partial charge on any atom is 0.151 e. The van der Waals surface area contributed by atoms with E-state index in [9.17, 15) is 4.39 Å². The Labute approximate surface area is 91.1 Å².